The van der Waals surface area contributed by atoms with Gasteiger partial charge in [0.1, 0.15) is 11.6 Å². The molecule has 0 aromatic heterocycles. The second kappa shape index (κ2) is 7.43. The van der Waals surface area contributed by atoms with Crippen LogP contribution in [0, 0.1) is 5.82 Å². The molecule has 0 aliphatic rings. The summed E-state index contributed by atoms with van der Waals surface area (Å²) < 4.78 is 18.9. The van der Waals surface area contributed by atoms with Crippen molar-refractivity contribution in [2.45, 2.75) is 19.4 Å². The van der Waals surface area contributed by atoms with Gasteiger partial charge in [-0.2, -0.15) is 0 Å². The maximum absolute atomic E-state index is 13.6. The van der Waals surface area contributed by atoms with E-state index in [1.54, 1.807) is 13.2 Å². The Bertz CT molecular complexity index is 603. The van der Waals surface area contributed by atoms with E-state index in [1.165, 1.54) is 12.1 Å². The van der Waals surface area contributed by atoms with Crippen molar-refractivity contribution in [3.05, 3.63) is 64.4 Å². The minimum absolute atomic E-state index is 0.0286. The second-order valence-corrected chi connectivity index (χ2v) is 5.27. The third-order valence-corrected chi connectivity index (χ3v) is 3.58. The van der Waals surface area contributed by atoms with Crippen molar-refractivity contribution in [3.63, 3.8) is 0 Å². The smallest absolute Gasteiger partial charge is 0.123 e. The number of benzene rings is 2. The zero-order valence-electron chi connectivity index (χ0n) is 12.2. The molecule has 0 saturated heterocycles. The van der Waals surface area contributed by atoms with Gasteiger partial charge in [-0.15, -0.1) is 0 Å². The van der Waals surface area contributed by atoms with Crippen LogP contribution in [0.25, 0.3) is 0 Å². The molecule has 0 aliphatic heterocycles. The minimum Gasteiger partial charge on any atom is -0.496 e. The van der Waals surface area contributed by atoms with Crippen LogP contribution < -0.4 is 10.1 Å². The molecule has 0 heterocycles. The van der Waals surface area contributed by atoms with E-state index in [9.17, 15) is 4.39 Å². The van der Waals surface area contributed by atoms with Gasteiger partial charge in [0.15, 0.2) is 0 Å². The van der Waals surface area contributed by atoms with Crippen molar-refractivity contribution >= 4 is 11.6 Å². The summed E-state index contributed by atoms with van der Waals surface area (Å²) in [6, 6.07) is 12.3. The van der Waals surface area contributed by atoms with Gasteiger partial charge in [0.2, 0.25) is 0 Å². The molecule has 2 rings (SSSR count). The average molecular weight is 308 g/mol. The first-order valence-corrected chi connectivity index (χ1v) is 7.33. The first-order valence-electron chi connectivity index (χ1n) is 6.95. The van der Waals surface area contributed by atoms with E-state index < -0.39 is 0 Å². The van der Waals surface area contributed by atoms with Gasteiger partial charge in [0.25, 0.3) is 0 Å². The topological polar surface area (TPSA) is 21.3 Å². The normalized spacial score (nSPS) is 12.2. The number of ether oxygens (including phenoxy) is 1. The Hall–Kier alpha value is -1.58. The Morgan fingerprint density at radius 1 is 1.24 bits per heavy atom. The lowest BCUT2D eigenvalue weighted by Gasteiger charge is -2.21. The molecule has 0 aliphatic carbocycles. The Labute approximate surface area is 129 Å². The summed E-state index contributed by atoms with van der Waals surface area (Å²) in [6.07, 6.45) is 0.716. The average Bonchev–Trinajstić information content (AvgIpc) is 2.47. The zero-order valence-corrected chi connectivity index (χ0v) is 13.0. The molecular formula is C17H19ClFNO. The molecule has 4 heteroatoms. The van der Waals surface area contributed by atoms with E-state index in [2.05, 4.69) is 5.32 Å². The summed E-state index contributed by atoms with van der Waals surface area (Å²) in [5.74, 6) is 0.421. The maximum atomic E-state index is 13.6. The predicted octanol–water partition coefficient (Wildman–Crippen LogP) is 4.38. The molecule has 21 heavy (non-hydrogen) atoms. The van der Waals surface area contributed by atoms with Crippen LogP contribution in [-0.4, -0.2) is 13.7 Å². The van der Waals surface area contributed by atoms with Crippen LogP contribution in [0.3, 0.4) is 0 Å². The lowest BCUT2D eigenvalue weighted by molar-refractivity contribution is 0.397. The van der Waals surface area contributed by atoms with Gasteiger partial charge < -0.3 is 10.1 Å². The lowest BCUT2D eigenvalue weighted by Crippen LogP contribution is -2.23. The molecule has 0 amide bonds. The SMILES string of the molecule is CCNC(Cc1cccc(Cl)c1)c1cc(F)ccc1OC. The van der Waals surface area contributed by atoms with Crippen molar-refractivity contribution in [3.8, 4) is 5.75 Å². The monoisotopic (exact) mass is 307 g/mol. The van der Waals surface area contributed by atoms with E-state index in [-0.39, 0.29) is 11.9 Å². The summed E-state index contributed by atoms with van der Waals surface area (Å²) in [7, 11) is 1.60. The first kappa shape index (κ1) is 15.8. The molecule has 1 N–H and O–H groups in total. The van der Waals surface area contributed by atoms with Gasteiger partial charge >= 0.3 is 0 Å². The molecule has 1 atom stereocenters. The van der Waals surface area contributed by atoms with E-state index in [0.29, 0.717) is 17.2 Å². The maximum Gasteiger partial charge on any atom is 0.123 e. The van der Waals surface area contributed by atoms with Crippen LogP contribution in [0.4, 0.5) is 4.39 Å². The highest BCUT2D eigenvalue weighted by Gasteiger charge is 2.17. The van der Waals surface area contributed by atoms with Crippen LogP contribution in [-0.2, 0) is 6.42 Å². The van der Waals surface area contributed by atoms with E-state index >= 15 is 0 Å². The van der Waals surface area contributed by atoms with Crippen molar-refractivity contribution < 1.29 is 9.13 Å². The van der Waals surface area contributed by atoms with Gasteiger partial charge in [0, 0.05) is 16.6 Å². The van der Waals surface area contributed by atoms with Crippen molar-refractivity contribution in [2.24, 2.45) is 0 Å². The van der Waals surface area contributed by atoms with Crippen LogP contribution in [0.15, 0.2) is 42.5 Å². The Balaban J connectivity index is 2.32. The van der Waals surface area contributed by atoms with E-state index in [4.69, 9.17) is 16.3 Å². The van der Waals surface area contributed by atoms with Crippen LogP contribution >= 0.6 is 11.6 Å². The molecule has 0 fully saturated rings. The molecule has 0 saturated carbocycles. The van der Waals surface area contributed by atoms with Crippen LogP contribution in [0.5, 0.6) is 5.75 Å². The summed E-state index contributed by atoms with van der Waals surface area (Å²) >= 11 is 6.03. The van der Waals surface area contributed by atoms with Crippen molar-refractivity contribution in [1.82, 2.24) is 5.32 Å². The molecule has 2 aromatic rings. The first-order chi connectivity index (χ1) is 10.1. The highest BCUT2D eigenvalue weighted by Crippen LogP contribution is 2.29. The molecule has 2 aromatic carbocycles. The van der Waals surface area contributed by atoms with Crippen molar-refractivity contribution in [1.29, 1.82) is 0 Å². The Kier molecular flexibility index (Phi) is 5.59. The minimum atomic E-state index is -0.264. The highest BCUT2D eigenvalue weighted by atomic mass is 35.5. The van der Waals surface area contributed by atoms with Gasteiger partial charge in [-0.3, -0.25) is 0 Å². The number of methoxy groups -OCH3 is 1. The molecule has 1 unspecified atom stereocenters. The van der Waals surface area contributed by atoms with Gasteiger partial charge in [-0.05, 0) is 48.9 Å². The van der Waals surface area contributed by atoms with Gasteiger partial charge in [0.05, 0.1) is 7.11 Å². The van der Waals surface area contributed by atoms with Gasteiger partial charge in [-0.25, -0.2) is 4.39 Å². The molecule has 0 bridgehead atoms. The number of likely N-dealkylation sites (N-methyl/N-ethyl adjacent to an activating group) is 1. The molecule has 112 valence electrons. The van der Waals surface area contributed by atoms with Gasteiger partial charge in [-0.1, -0.05) is 30.7 Å². The zero-order chi connectivity index (χ0) is 15.2. The number of rotatable bonds is 6. The third-order valence-electron chi connectivity index (χ3n) is 3.35. The molecule has 0 spiro atoms. The summed E-state index contributed by atoms with van der Waals surface area (Å²) in [5, 5.41) is 4.08. The second-order valence-electron chi connectivity index (χ2n) is 4.83. The summed E-state index contributed by atoms with van der Waals surface area (Å²) in [5.41, 5.74) is 1.92. The third kappa shape index (κ3) is 4.19. The number of hydrogen-bond donors (Lipinski definition) is 1. The highest BCUT2D eigenvalue weighted by molar-refractivity contribution is 6.30. The number of halogens is 2. The number of hydrogen-bond acceptors (Lipinski definition) is 2. The Morgan fingerprint density at radius 2 is 2.05 bits per heavy atom. The molecule has 2 nitrogen and oxygen atoms in total. The summed E-state index contributed by atoms with van der Waals surface area (Å²) in [6.45, 7) is 2.81. The largest absolute Gasteiger partial charge is 0.496 e. The predicted molar refractivity (Wildman–Crippen MR) is 84.5 cm³/mol. The fraction of sp³-hybridized carbons (Fsp3) is 0.294. The fourth-order valence-corrected chi connectivity index (χ4v) is 2.63. The number of nitrogens with one attached hydrogen (secondary N) is 1. The summed E-state index contributed by atoms with van der Waals surface area (Å²) in [4.78, 5) is 0. The quantitative estimate of drug-likeness (QED) is 0.855. The lowest BCUT2D eigenvalue weighted by atomic mass is 9.97. The van der Waals surface area contributed by atoms with E-state index in [0.717, 1.165) is 17.7 Å². The molecule has 0 radical (unpaired) electrons. The van der Waals surface area contributed by atoms with E-state index in [1.807, 2.05) is 31.2 Å². The standard InChI is InChI=1S/C17H19ClFNO/c1-3-20-16(10-12-5-4-6-13(18)9-12)15-11-14(19)7-8-17(15)21-2/h4-9,11,16,20H,3,10H2,1-2H3. The fourth-order valence-electron chi connectivity index (χ4n) is 2.42. The Morgan fingerprint density at radius 3 is 2.71 bits per heavy atom. The van der Waals surface area contributed by atoms with Crippen LogP contribution in [0.1, 0.15) is 24.1 Å². The molecular weight excluding hydrogens is 289 g/mol. The van der Waals surface area contributed by atoms with Crippen molar-refractivity contribution in [2.75, 3.05) is 13.7 Å². The van der Waals surface area contributed by atoms with Crippen LogP contribution in [0.2, 0.25) is 5.02 Å².